The van der Waals surface area contributed by atoms with Crippen LogP contribution in [0.1, 0.15) is 37.6 Å². The summed E-state index contributed by atoms with van der Waals surface area (Å²) in [5.41, 5.74) is 0.205. The first-order valence-corrected chi connectivity index (χ1v) is 7.59. The van der Waals surface area contributed by atoms with Crippen molar-refractivity contribution in [1.82, 2.24) is 0 Å². The molecule has 0 aliphatic carbocycles. The van der Waals surface area contributed by atoms with Crippen LogP contribution in [-0.2, 0) is 24.3 Å². The van der Waals surface area contributed by atoms with E-state index in [0.29, 0.717) is 12.4 Å². The summed E-state index contributed by atoms with van der Waals surface area (Å²) in [6.45, 7) is 6.57. The van der Waals surface area contributed by atoms with Crippen LogP contribution in [-0.4, -0.2) is 38.0 Å². The first-order valence-electron chi connectivity index (χ1n) is 7.59. The second kappa shape index (κ2) is 11.3. The summed E-state index contributed by atoms with van der Waals surface area (Å²) in [5.74, 6) is -0.210. The molecule has 0 heterocycles. The van der Waals surface area contributed by atoms with Gasteiger partial charge in [0.1, 0.15) is 12.4 Å². The van der Waals surface area contributed by atoms with Gasteiger partial charge in [0.15, 0.2) is 0 Å². The molecule has 134 valence electrons. The minimum atomic E-state index is -1.14. The summed E-state index contributed by atoms with van der Waals surface area (Å²) in [5, 5.41) is 4.09. The predicted molar refractivity (Wildman–Crippen MR) is 82.2 cm³/mol. The molecule has 0 bridgehead atoms. The van der Waals surface area contributed by atoms with E-state index in [1.54, 1.807) is 12.1 Å². The van der Waals surface area contributed by atoms with Crippen molar-refractivity contribution in [1.29, 1.82) is 0 Å². The molecule has 0 amide bonds. The van der Waals surface area contributed by atoms with Crippen LogP contribution in [0, 0.1) is 0 Å². The Morgan fingerprint density at radius 2 is 1.71 bits per heavy atom. The van der Waals surface area contributed by atoms with Crippen molar-refractivity contribution in [2.24, 2.45) is 0 Å². The summed E-state index contributed by atoms with van der Waals surface area (Å²) in [6.07, 6.45) is -0.241. The SMILES string of the molecule is CCCOCCOC(=O)OOOC(=O)c1ccc(OC(C)C)cc1. The maximum absolute atomic E-state index is 11.7. The standard InChI is InChI=1S/C16H22O8/c1-4-9-19-10-11-20-16(18)23-24-22-15(17)13-5-7-14(8-6-13)21-12(2)3/h5-8,12H,4,9-11H2,1-3H3. The summed E-state index contributed by atoms with van der Waals surface area (Å²) < 4.78 is 15.2. The average molecular weight is 342 g/mol. The van der Waals surface area contributed by atoms with Gasteiger partial charge in [-0.25, -0.2) is 14.5 Å². The molecule has 8 nitrogen and oxygen atoms in total. The van der Waals surface area contributed by atoms with Crippen LogP contribution < -0.4 is 4.74 Å². The number of hydrogen-bond donors (Lipinski definition) is 0. The fraction of sp³-hybridized carbons (Fsp3) is 0.500. The van der Waals surface area contributed by atoms with Crippen molar-refractivity contribution in [2.45, 2.75) is 33.3 Å². The molecule has 0 aliphatic rings. The van der Waals surface area contributed by atoms with Crippen molar-refractivity contribution < 1.29 is 38.6 Å². The molecule has 0 atom stereocenters. The lowest BCUT2D eigenvalue weighted by Gasteiger charge is -2.09. The van der Waals surface area contributed by atoms with E-state index in [0.717, 1.165) is 6.42 Å². The van der Waals surface area contributed by atoms with Crippen LogP contribution in [0.4, 0.5) is 4.79 Å². The monoisotopic (exact) mass is 342 g/mol. The Hall–Kier alpha value is -2.32. The van der Waals surface area contributed by atoms with E-state index in [1.807, 2.05) is 20.8 Å². The van der Waals surface area contributed by atoms with Gasteiger partial charge in [0.25, 0.3) is 0 Å². The van der Waals surface area contributed by atoms with Crippen molar-refractivity contribution in [3.05, 3.63) is 29.8 Å². The van der Waals surface area contributed by atoms with Crippen molar-refractivity contribution in [3.8, 4) is 5.75 Å². The van der Waals surface area contributed by atoms with Crippen LogP contribution in [0.3, 0.4) is 0 Å². The molecule has 0 aromatic heterocycles. The molecule has 24 heavy (non-hydrogen) atoms. The van der Waals surface area contributed by atoms with Crippen LogP contribution in [0.15, 0.2) is 24.3 Å². The molecule has 0 unspecified atom stereocenters. The van der Waals surface area contributed by atoms with Gasteiger partial charge in [0.2, 0.25) is 0 Å². The van der Waals surface area contributed by atoms with Crippen molar-refractivity contribution in [3.63, 3.8) is 0 Å². The molecule has 1 aromatic rings. The molecule has 0 saturated heterocycles. The normalized spacial score (nSPS) is 10.3. The number of benzene rings is 1. The van der Waals surface area contributed by atoms with E-state index < -0.39 is 12.1 Å². The van der Waals surface area contributed by atoms with Gasteiger partial charge in [-0.15, -0.1) is 0 Å². The molecule has 1 rings (SSSR count). The van der Waals surface area contributed by atoms with Crippen molar-refractivity contribution in [2.75, 3.05) is 19.8 Å². The van der Waals surface area contributed by atoms with Gasteiger partial charge in [0, 0.05) is 6.61 Å². The zero-order valence-corrected chi connectivity index (χ0v) is 14.0. The molecule has 0 radical (unpaired) electrons. The predicted octanol–water partition coefficient (Wildman–Crippen LogP) is 3.06. The average Bonchev–Trinajstić information content (AvgIpc) is 2.54. The fourth-order valence-electron chi connectivity index (χ4n) is 1.52. The van der Waals surface area contributed by atoms with E-state index in [4.69, 9.17) is 9.47 Å². The second-order valence-electron chi connectivity index (χ2n) is 4.92. The Kier molecular flexibility index (Phi) is 9.25. The summed E-state index contributed by atoms with van der Waals surface area (Å²) in [4.78, 5) is 31.2. The number of ether oxygens (including phenoxy) is 3. The van der Waals surface area contributed by atoms with Gasteiger partial charge >= 0.3 is 12.1 Å². The first-order chi connectivity index (χ1) is 11.5. The minimum absolute atomic E-state index is 0.00739. The highest BCUT2D eigenvalue weighted by Gasteiger charge is 2.12. The fourth-order valence-corrected chi connectivity index (χ4v) is 1.52. The molecule has 0 aliphatic heterocycles. The van der Waals surface area contributed by atoms with Crippen LogP contribution in [0.25, 0.3) is 0 Å². The highest BCUT2D eigenvalue weighted by atomic mass is 17.5. The van der Waals surface area contributed by atoms with Gasteiger partial charge in [-0.3, -0.25) is 4.89 Å². The van der Waals surface area contributed by atoms with E-state index in [2.05, 4.69) is 19.6 Å². The molecule has 8 heteroatoms. The Bertz CT molecular complexity index is 497. The number of rotatable bonds is 10. The summed E-state index contributed by atoms with van der Waals surface area (Å²) in [6, 6.07) is 6.21. The third-order valence-electron chi connectivity index (χ3n) is 2.47. The van der Waals surface area contributed by atoms with Crippen LogP contribution in [0.5, 0.6) is 5.75 Å². The molecular weight excluding hydrogens is 320 g/mol. The Labute approximate surface area is 140 Å². The zero-order valence-electron chi connectivity index (χ0n) is 14.0. The van der Waals surface area contributed by atoms with E-state index in [-0.39, 0.29) is 24.9 Å². The van der Waals surface area contributed by atoms with Gasteiger partial charge < -0.3 is 14.2 Å². The summed E-state index contributed by atoms with van der Waals surface area (Å²) in [7, 11) is 0. The molecule has 0 saturated carbocycles. The Balaban J connectivity index is 2.22. The zero-order chi connectivity index (χ0) is 17.8. The Morgan fingerprint density at radius 1 is 1.00 bits per heavy atom. The highest BCUT2D eigenvalue weighted by molar-refractivity contribution is 5.89. The molecular formula is C16H22O8. The Morgan fingerprint density at radius 3 is 2.33 bits per heavy atom. The number of hydrogen-bond acceptors (Lipinski definition) is 8. The number of carbonyl (C=O) groups is 2. The molecule has 0 N–H and O–H groups in total. The lowest BCUT2D eigenvalue weighted by atomic mass is 10.2. The first kappa shape index (κ1) is 19.7. The molecule has 0 spiro atoms. The van der Waals surface area contributed by atoms with E-state index in [9.17, 15) is 9.59 Å². The third-order valence-corrected chi connectivity index (χ3v) is 2.47. The van der Waals surface area contributed by atoms with Crippen LogP contribution >= 0.6 is 0 Å². The third kappa shape index (κ3) is 8.35. The van der Waals surface area contributed by atoms with Crippen molar-refractivity contribution >= 4 is 12.1 Å². The lowest BCUT2D eigenvalue weighted by Crippen LogP contribution is -2.14. The molecule has 0 fully saturated rings. The number of carbonyl (C=O) groups excluding carboxylic acids is 2. The second-order valence-corrected chi connectivity index (χ2v) is 4.92. The quantitative estimate of drug-likeness (QED) is 0.277. The maximum atomic E-state index is 11.7. The smallest absolute Gasteiger partial charge is 0.491 e. The van der Waals surface area contributed by atoms with E-state index in [1.165, 1.54) is 12.1 Å². The topological polar surface area (TPSA) is 89.5 Å². The molecule has 1 aromatic carbocycles. The van der Waals surface area contributed by atoms with Gasteiger partial charge in [-0.2, -0.15) is 0 Å². The summed E-state index contributed by atoms with van der Waals surface area (Å²) >= 11 is 0. The largest absolute Gasteiger partial charge is 0.543 e. The van der Waals surface area contributed by atoms with Gasteiger partial charge in [-0.1, -0.05) is 6.92 Å². The van der Waals surface area contributed by atoms with Gasteiger partial charge in [-0.05, 0) is 44.5 Å². The minimum Gasteiger partial charge on any atom is -0.491 e. The van der Waals surface area contributed by atoms with E-state index >= 15 is 0 Å². The maximum Gasteiger partial charge on any atom is 0.543 e. The van der Waals surface area contributed by atoms with Crippen LogP contribution in [0.2, 0.25) is 0 Å². The van der Waals surface area contributed by atoms with Gasteiger partial charge in [0.05, 0.1) is 23.3 Å². The highest BCUT2D eigenvalue weighted by Crippen LogP contribution is 2.14. The lowest BCUT2D eigenvalue weighted by molar-refractivity contribution is -0.452.